The number of aromatic nitrogens is 4. The second kappa shape index (κ2) is 16.9. The standard InChI is InChI=1S/C36H16ClN5O3/c1-4-5-6-7-8-9-10-11-12-13-14-15-16-17-18-19-20-21-22-26-32(43)41(31-25-23-24-30(27-31)36(44)45)29(3)34-38-39-35-33(37)28(2)40-42(34)35/h23-25,27,29,39H,1-3H3,(H,44,45). The van der Waals surface area contributed by atoms with Crippen molar-refractivity contribution in [2.24, 2.45) is 0 Å². The first-order valence-electron chi connectivity index (χ1n) is 12.5. The zero-order valence-corrected chi connectivity index (χ0v) is 24.6. The molecule has 0 fully saturated rings. The predicted molar refractivity (Wildman–Crippen MR) is 170 cm³/mol. The lowest BCUT2D eigenvalue weighted by Crippen LogP contribution is -2.34. The Morgan fingerprint density at radius 1 is 0.867 bits per heavy atom. The third kappa shape index (κ3) is 9.38. The molecule has 2 heterocycles. The van der Waals surface area contributed by atoms with Crippen LogP contribution in [-0.4, -0.2) is 36.8 Å². The number of nitrogens with one attached hydrogen (secondary N) is 1. The molecule has 0 aliphatic heterocycles. The van der Waals surface area contributed by atoms with E-state index in [2.05, 4.69) is 134 Å². The van der Waals surface area contributed by atoms with Gasteiger partial charge in [0, 0.05) is 23.4 Å². The molecule has 1 atom stereocenters. The van der Waals surface area contributed by atoms with Crippen LogP contribution in [0.1, 0.15) is 41.8 Å². The molecule has 0 saturated heterocycles. The van der Waals surface area contributed by atoms with Crippen molar-refractivity contribution in [3.63, 3.8) is 0 Å². The minimum Gasteiger partial charge on any atom is -0.478 e. The maximum absolute atomic E-state index is 13.3. The number of fused-ring (bicyclic) bond motifs is 1. The number of aryl methyl sites for hydroxylation is 1. The fourth-order valence-corrected chi connectivity index (χ4v) is 3.49. The highest BCUT2D eigenvalue weighted by Gasteiger charge is 2.28. The SMILES string of the molecule is CC#CC#CC#CC#CC#CC#CC#CC#CC#CC#CC(=O)N(c1cccc(C(=O)O)c1)C(C)c1n[nH]c2c(Cl)c(C)nn12. The molecule has 45 heavy (non-hydrogen) atoms. The van der Waals surface area contributed by atoms with Crippen LogP contribution in [0.4, 0.5) is 5.69 Å². The van der Waals surface area contributed by atoms with Gasteiger partial charge in [-0.1, -0.05) is 23.6 Å². The van der Waals surface area contributed by atoms with Gasteiger partial charge in [-0.25, -0.2) is 4.79 Å². The lowest BCUT2D eigenvalue weighted by molar-refractivity contribution is -0.113. The Balaban J connectivity index is 1.73. The van der Waals surface area contributed by atoms with E-state index in [1.54, 1.807) is 26.8 Å². The Bertz CT molecular complexity index is 2350. The fraction of sp³-hybridized carbons (Fsp3) is 0.111. The van der Waals surface area contributed by atoms with Crippen molar-refractivity contribution < 1.29 is 14.7 Å². The number of anilines is 1. The lowest BCUT2D eigenvalue weighted by Gasteiger charge is -2.26. The zero-order valence-electron chi connectivity index (χ0n) is 23.8. The molecule has 2 N–H and O–H groups in total. The van der Waals surface area contributed by atoms with Crippen molar-refractivity contribution in [1.29, 1.82) is 0 Å². The quantitative estimate of drug-likeness (QED) is 0.448. The topological polar surface area (TPSA) is 104 Å². The van der Waals surface area contributed by atoms with Crippen molar-refractivity contribution in [3.05, 3.63) is 46.4 Å². The molecule has 210 valence electrons. The molecule has 1 amide bonds. The molecule has 2 aromatic heterocycles. The van der Waals surface area contributed by atoms with E-state index in [9.17, 15) is 14.7 Å². The van der Waals surface area contributed by atoms with Crippen LogP contribution in [0, 0.1) is 125 Å². The Morgan fingerprint density at radius 2 is 1.38 bits per heavy atom. The van der Waals surface area contributed by atoms with Crippen molar-refractivity contribution in [3.8, 4) is 118 Å². The molecule has 0 radical (unpaired) electrons. The van der Waals surface area contributed by atoms with Gasteiger partial charge < -0.3 is 5.11 Å². The normalized spacial score (nSPS) is 8.62. The van der Waals surface area contributed by atoms with Gasteiger partial charge in [0.15, 0.2) is 11.5 Å². The molecular weight excluding hydrogens is 586 g/mol. The zero-order chi connectivity index (χ0) is 32.4. The maximum atomic E-state index is 13.3. The number of nitrogens with zero attached hydrogens (tertiary/aromatic N) is 4. The number of H-pyrrole nitrogens is 1. The molecule has 3 aromatic rings. The molecule has 0 saturated carbocycles. The molecule has 0 bridgehead atoms. The first-order chi connectivity index (χ1) is 21.8. The van der Waals surface area contributed by atoms with Crippen molar-refractivity contribution in [2.45, 2.75) is 26.8 Å². The summed E-state index contributed by atoms with van der Waals surface area (Å²) in [6, 6.07) is 5.14. The van der Waals surface area contributed by atoms with Gasteiger partial charge in [-0.05, 0) is 134 Å². The molecule has 1 aromatic carbocycles. The predicted octanol–water partition coefficient (Wildman–Crippen LogP) is 2.87. The largest absolute Gasteiger partial charge is 0.478 e. The highest BCUT2D eigenvalue weighted by atomic mass is 35.5. The second-order valence-corrected chi connectivity index (χ2v) is 8.45. The third-order valence-electron chi connectivity index (χ3n) is 5.19. The van der Waals surface area contributed by atoms with Gasteiger partial charge in [0.25, 0.3) is 0 Å². The highest BCUT2D eigenvalue weighted by molar-refractivity contribution is 6.34. The summed E-state index contributed by atoms with van der Waals surface area (Å²) in [5, 5.41) is 21.3. The van der Waals surface area contributed by atoms with E-state index in [0.29, 0.717) is 22.2 Å². The molecule has 0 spiro atoms. The maximum Gasteiger partial charge on any atom is 0.335 e. The summed E-state index contributed by atoms with van der Waals surface area (Å²) in [6.45, 7) is 5.11. The minimum absolute atomic E-state index is 0.0114. The number of hydrogen-bond donors (Lipinski definition) is 2. The van der Waals surface area contributed by atoms with Crippen LogP contribution in [0.2, 0.25) is 5.02 Å². The first-order valence-corrected chi connectivity index (χ1v) is 12.9. The van der Waals surface area contributed by atoms with Crippen molar-refractivity contribution in [1.82, 2.24) is 19.8 Å². The smallest absolute Gasteiger partial charge is 0.335 e. The van der Waals surface area contributed by atoms with E-state index in [-0.39, 0.29) is 11.3 Å². The molecule has 1 unspecified atom stereocenters. The van der Waals surface area contributed by atoms with Gasteiger partial charge in [0.05, 0.1) is 17.3 Å². The number of carboxylic acid groups (broad SMARTS) is 1. The number of carbonyl (C=O) groups is 2. The van der Waals surface area contributed by atoms with Gasteiger partial charge in [-0.15, -0.1) is 0 Å². The van der Waals surface area contributed by atoms with Crippen LogP contribution in [0.5, 0.6) is 0 Å². The van der Waals surface area contributed by atoms with Gasteiger partial charge in [-0.3, -0.25) is 14.8 Å². The summed E-state index contributed by atoms with van der Waals surface area (Å²) in [7, 11) is 0. The summed E-state index contributed by atoms with van der Waals surface area (Å²) in [5.41, 5.74) is 1.30. The Labute approximate surface area is 265 Å². The first kappa shape index (κ1) is 32.2. The third-order valence-corrected chi connectivity index (χ3v) is 5.64. The van der Waals surface area contributed by atoms with E-state index in [4.69, 9.17) is 11.6 Å². The van der Waals surface area contributed by atoms with Crippen molar-refractivity contribution in [2.75, 3.05) is 4.90 Å². The Hall–Kier alpha value is -7.27. The number of aromatic carboxylic acids is 1. The number of aromatic amines is 1. The Morgan fingerprint density at radius 3 is 1.89 bits per heavy atom. The monoisotopic (exact) mass is 601 g/mol. The molecule has 3 rings (SSSR count). The van der Waals surface area contributed by atoms with Gasteiger partial charge >= 0.3 is 11.9 Å². The lowest BCUT2D eigenvalue weighted by atomic mass is 10.1. The number of rotatable bonds is 4. The van der Waals surface area contributed by atoms with E-state index in [0.717, 1.165) is 0 Å². The van der Waals surface area contributed by atoms with Gasteiger partial charge in [0.1, 0.15) is 5.02 Å². The summed E-state index contributed by atoms with van der Waals surface area (Å²) in [6.07, 6.45) is 0. The minimum atomic E-state index is -1.15. The number of amides is 1. The van der Waals surface area contributed by atoms with Crippen molar-refractivity contribution >= 4 is 34.8 Å². The number of benzene rings is 1. The van der Waals surface area contributed by atoms with Crippen LogP contribution >= 0.6 is 11.6 Å². The molecule has 9 heteroatoms. The number of halogens is 1. The van der Waals surface area contributed by atoms with Gasteiger partial charge in [0.2, 0.25) is 0 Å². The number of carboxylic acids is 1. The van der Waals surface area contributed by atoms with E-state index in [1.165, 1.54) is 27.6 Å². The van der Waals surface area contributed by atoms with Gasteiger partial charge in [-0.2, -0.15) is 14.7 Å². The average Bonchev–Trinajstić information content (AvgIpc) is 3.57. The average molecular weight is 602 g/mol. The summed E-state index contributed by atoms with van der Waals surface area (Å²) in [4.78, 5) is 26.1. The molecule has 0 aliphatic rings. The van der Waals surface area contributed by atoms with E-state index >= 15 is 0 Å². The second-order valence-electron chi connectivity index (χ2n) is 8.07. The van der Waals surface area contributed by atoms with Crippen LogP contribution in [-0.2, 0) is 4.79 Å². The fourth-order valence-electron chi connectivity index (χ4n) is 3.33. The van der Waals surface area contributed by atoms with Crippen LogP contribution in [0.3, 0.4) is 0 Å². The highest BCUT2D eigenvalue weighted by Crippen LogP contribution is 2.29. The van der Waals surface area contributed by atoms with Crippen LogP contribution in [0.15, 0.2) is 24.3 Å². The van der Waals surface area contributed by atoms with Crippen LogP contribution < -0.4 is 4.90 Å². The van der Waals surface area contributed by atoms with E-state index in [1.807, 2.05) is 0 Å². The summed E-state index contributed by atoms with van der Waals surface area (Å²) >= 11 is 6.28. The number of hydrogen-bond acceptors (Lipinski definition) is 4. The number of carbonyl (C=O) groups excluding carboxylic acids is 1. The molecular formula is C36H16ClN5O3. The van der Waals surface area contributed by atoms with Crippen LogP contribution in [0.25, 0.3) is 5.65 Å². The summed E-state index contributed by atoms with van der Waals surface area (Å²) < 4.78 is 1.48. The Kier molecular flexibility index (Phi) is 12.1. The van der Waals surface area contributed by atoms with E-state index < -0.39 is 17.9 Å². The molecule has 0 aliphatic carbocycles. The molecule has 8 nitrogen and oxygen atoms in total. The summed E-state index contributed by atoms with van der Waals surface area (Å²) in [5.74, 6) is 48.5.